The summed E-state index contributed by atoms with van der Waals surface area (Å²) < 4.78 is 17.0. The van der Waals surface area contributed by atoms with E-state index in [2.05, 4.69) is 9.97 Å². The normalized spacial score (nSPS) is 17.1. The van der Waals surface area contributed by atoms with Crippen molar-refractivity contribution in [1.82, 2.24) is 24.0 Å². The van der Waals surface area contributed by atoms with Gasteiger partial charge in [0.05, 0.1) is 23.1 Å². The van der Waals surface area contributed by atoms with E-state index in [0.29, 0.717) is 23.4 Å². The van der Waals surface area contributed by atoms with E-state index in [-0.39, 0.29) is 28.6 Å². The molecule has 0 bridgehead atoms. The molecule has 0 fully saturated rings. The predicted molar refractivity (Wildman–Crippen MR) is 120 cm³/mol. The van der Waals surface area contributed by atoms with E-state index >= 15 is 0 Å². The Morgan fingerprint density at radius 2 is 2.06 bits per heavy atom. The molecule has 1 aliphatic heterocycles. The average molecular weight is 454 g/mol. The van der Waals surface area contributed by atoms with Gasteiger partial charge >= 0.3 is 0 Å². The molecule has 0 radical (unpaired) electrons. The summed E-state index contributed by atoms with van der Waals surface area (Å²) in [6, 6.07) is 5.72. The summed E-state index contributed by atoms with van der Waals surface area (Å²) in [5.41, 5.74) is 2.80. The molecule has 3 aromatic heterocycles. The Kier molecular flexibility index (Phi) is 4.70. The van der Waals surface area contributed by atoms with E-state index in [1.165, 1.54) is 10.6 Å². The Bertz CT molecular complexity index is 1440. The zero-order chi connectivity index (χ0) is 22.7. The number of carbonyl (C=O) groups excluding carboxylic acids is 1. The van der Waals surface area contributed by atoms with Crippen molar-refractivity contribution < 1.29 is 9.18 Å². The largest absolute Gasteiger partial charge is 0.361 e. The van der Waals surface area contributed by atoms with Crippen molar-refractivity contribution in [3.63, 3.8) is 0 Å². The summed E-state index contributed by atoms with van der Waals surface area (Å²) >= 11 is 6.00. The highest BCUT2D eigenvalue weighted by Gasteiger charge is 2.35. The monoisotopic (exact) mass is 453 g/mol. The average Bonchev–Trinajstić information content (AvgIpc) is 3.35. The van der Waals surface area contributed by atoms with Gasteiger partial charge in [0.15, 0.2) is 0 Å². The summed E-state index contributed by atoms with van der Waals surface area (Å²) in [7, 11) is 0. The molecule has 4 aromatic rings. The Morgan fingerprint density at radius 1 is 1.28 bits per heavy atom. The van der Waals surface area contributed by atoms with Crippen molar-refractivity contribution >= 4 is 28.4 Å². The van der Waals surface area contributed by atoms with Gasteiger partial charge in [-0.25, -0.2) is 9.37 Å². The number of hydrogen-bond acceptors (Lipinski definition) is 3. The van der Waals surface area contributed by atoms with Crippen LogP contribution in [-0.2, 0) is 6.54 Å². The molecule has 1 aromatic carbocycles. The number of rotatable bonds is 3. The first-order valence-corrected chi connectivity index (χ1v) is 10.7. The molecule has 0 spiro atoms. The van der Waals surface area contributed by atoms with Crippen molar-refractivity contribution in [2.24, 2.45) is 0 Å². The molecule has 32 heavy (non-hydrogen) atoms. The number of carbonyl (C=O) groups is 1. The highest BCUT2D eigenvalue weighted by Crippen LogP contribution is 2.34. The third kappa shape index (κ3) is 3.05. The summed E-state index contributed by atoms with van der Waals surface area (Å²) in [6.45, 7) is 6.05. The highest BCUT2D eigenvalue weighted by molar-refractivity contribution is 6.31. The number of imidazole rings is 1. The number of hydrogen-bond donors (Lipinski definition) is 1. The maximum atomic E-state index is 13.8. The van der Waals surface area contributed by atoms with Crippen LogP contribution in [0.4, 0.5) is 4.39 Å². The van der Waals surface area contributed by atoms with Crippen LogP contribution >= 0.6 is 11.6 Å². The number of fused-ring (bicyclic) bond motifs is 2. The summed E-state index contributed by atoms with van der Waals surface area (Å²) in [4.78, 5) is 35.6. The number of halogens is 2. The Hall–Kier alpha value is -3.39. The van der Waals surface area contributed by atoms with Crippen LogP contribution in [0.3, 0.4) is 0 Å². The first kappa shape index (κ1) is 20.5. The second-order valence-corrected chi connectivity index (χ2v) is 8.64. The fourth-order valence-electron chi connectivity index (χ4n) is 4.56. The van der Waals surface area contributed by atoms with Crippen LogP contribution in [0.2, 0.25) is 5.02 Å². The third-order valence-electron chi connectivity index (χ3n) is 6.14. The van der Waals surface area contributed by atoms with Gasteiger partial charge in [-0.2, -0.15) is 0 Å². The van der Waals surface area contributed by atoms with Crippen LogP contribution in [0, 0.1) is 12.7 Å². The Labute approximate surface area is 188 Å². The lowest BCUT2D eigenvalue weighted by molar-refractivity contribution is 0.0512. The van der Waals surface area contributed by atoms with E-state index in [1.807, 2.05) is 20.8 Å². The number of nitrogens with one attached hydrogen (secondary N) is 1. The lowest BCUT2D eigenvalue weighted by Crippen LogP contribution is -2.50. The maximum Gasteiger partial charge on any atom is 0.275 e. The number of aromatic amines is 1. The molecule has 0 saturated heterocycles. The van der Waals surface area contributed by atoms with Gasteiger partial charge in [0.25, 0.3) is 11.5 Å². The Morgan fingerprint density at radius 3 is 2.78 bits per heavy atom. The summed E-state index contributed by atoms with van der Waals surface area (Å²) in [5, 5.41) is 0.792. The minimum atomic E-state index is -0.500. The number of benzene rings is 1. The first-order valence-electron chi connectivity index (χ1n) is 10.3. The molecule has 1 aliphatic rings. The zero-order valence-corrected chi connectivity index (χ0v) is 18.5. The maximum absolute atomic E-state index is 13.8. The van der Waals surface area contributed by atoms with Gasteiger partial charge in [-0.3, -0.25) is 9.59 Å². The van der Waals surface area contributed by atoms with Gasteiger partial charge < -0.3 is 19.0 Å². The molecule has 5 rings (SSSR count). The lowest BCUT2D eigenvalue weighted by Gasteiger charge is -2.39. The molecule has 0 aliphatic carbocycles. The first-order chi connectivity index (χ1) is 15.3. The third-order valence-corrected chi connectivity index (χ3v) is 6.43. The molecule has 9 heteroatoms. The van der Waals surface area contributed by atoms with Crippen LogP contribution in [0.5, 0.6) is 0 Å². The van der Waals surface area contributed by atoms with E-state index < -0.39 is 5.82 Å². The second kappa shape index (κ2) is 7.34. The van der Waals surface area contributed by atoms with E-state index in [1.54, 1.807) is 46.4 Å². The molecule has 7 nitrogen and oxygen atoms in total. The van der Waals surface area contributed by atoms with Gasteiger partial charge in [0.1, 0.15) is 17.2 Å². The van der Waals surface area contributed by atoms with Crippen molar-refractivity contribution in [2.75, 3.05) is 0 Å². The number of nitrogens with zero attached hydrogens (tertiary/aromatic N) is 4. The van der Waals surface area contributed by atoms with Crippen molar-refractivity contribution in [3.8, 4) is 5.69 Å². The molecule has 164 valence electrons. The van der Waals surface area contributed by atoms with E-state index in [9.17, 15) is 14.0 Å². The van der Waals surface area contributed by atoms with Gasteiger partial charge in [-0.05, 0) is 50.6 Å². The lowest BCUT2D eigenvalue weighted by atomic mass is 10.0. The van der Waals surface area contributed by atoms with Crippen LogP contribution in [0.1, 0.15) is 41.6 Å². The van der Waals surface area contributed by atoms with Crippen LogP contribution < -0.4 is 5.56 Å². The molecule has 2 unspecified atom stereocenters. The van der Waals surface area contributed by atoms with Crippen molar-refractivity contribution in [1.29, 1.82) is 0 Å². The number of amides is 1. The minimum absolute atomic E-state index is 0.0303. The smallest absolute Gasteiger partial charge is 0.275 e. The fourth-order valence-corrected chi connectivity index (χ4v) is 4.72. The number of aryl methyl sites for hydroxylation is 1. The summed E-state index contributed by atoms with van der Waals surface area (Å²) in [6.07, 6.45) is 5.14. The quantitative estimate of drug-likeness (QED) is 0.504. The fraction of sp³-hybridized carbons (Fsp3) is 0.261. The van der Waals surface area contributed by atoms with E-state index in [0.717, 1.165) is 16.6 Å². The van der Waals surface area contributed by atoms with Gasteiger partial charge in [0, 0.05) is 35.9 Å². The number of H-pyrrole nitrogens is 1. The second-order valence-electron chi connectivity index (χ2n) is 8.24. The molecule has 1 N–H and O–H groups in total. The molecular formula is C23H21ClFN5O2. The predicted octanol–water partition coefficient (Wildman–Crippen LogP) is 4.22. The van der Waals surface area contributed by atoms with Gasteiger partial charge in [-0.15, -0.1) is 0 Å². The van der Waals surface area contributed by atoms with Crippen LogP contribution in [0.25, 0.3) is 16.6 Å². The number of pyridine rings is 1. The van der Waals surface area contributed by atoms with Gasteiger partial charge in [-0.1, -0.05) is 11.6 Å². The SMILES string of the molecule is Cc1cn(-c2ccc3n(c2=O)CC(C)N(C(C)c2c[nH]c4cc(F)c(Cl)cc24)C3=O)cn1. The molecule has 1 amide bonds. The zero-order valence-electron chi connectivity index (χ0n) is 17.8. The minimum Gasteiger partial charge on any atom is -0.361 e. The van der Waals surface area contributed by atoms with E-state index in [4.69, 9.17) is 11.6 Å². The topological polar surface area (TPSA) is 75.9 Å². The Balaban J connectivity index is 1.55. The van der Waals surface area contributed by atoms with Crippen molar-refractivity contribution in [3.05, 3.63) is 81.1 Å². The molecule has 4 heterocycles. The van der Waals surface area contributed by atoms with Crippen molar-refractivity contribution in [2.45, 2.75) is 39.4 Å². The molecule has 0 saturated carbocycles. The molecular weight excluding hydrogens is 433 g/mol. The standard InChI is InChI=1S/C23H21ClFN5O2/c1-12-9-28(11-27-12)20-4-5-21-23(32)30(13(2)10-29(21)22(20)31)14(3)16-8-26-19-7-18(25)17(24)6-15(16)19/h4-9,11,13-14,26H,10H2,1-3H3. The number of aromatic nitrogens is 4. The summed E-state index contributed by atoms with van der Waals surface area (Å²) in [5.74, 6) is -0.732. The van der Waals surface area contributed by atoms with Gasteiger partial charge in [0.2, 0.25) is 0 Å². The molecule has 2 atom stereocenters. The highest BCUT2D eigenvalue weighted by atomic mass is 35.5. The van der Waals surface area contributed by atoms with Crippen LogP contribution in [-0.4, -0.2) is 36.0 Å². The van der Waals surface area contributed by atoms with Crippen LogP contribution in [0.15, 0.2) is 47.8 Å².